The molecule has 112 valence electrons. The lowest BCUT2D eigenvalue weighted by Crippen LogP contribution is -2.52. The van der Waals surface area contributed by atoms with Gasteiger partial charge in [-0.1, -0.05) is 6.07 Å². The summed E-state index contributed by atoms with van der Waals surface area (Å²) in [5, 5.41) is 28.6. The van der Waals surface area contributed by atoms with Crippen molar-refractivity contribution in [3.05, 3.63) is 22.4 Å². The molecule has 5 nitrogen and oxygen atoms in total. The molecule has 0 aliphatic heterocycles. The number of aliphatic hydroxyl groups is 2. The zero-order valence-corrected chi connectivity index (χ0v) is 12.8. The maximum atomic E-state index is 10.4. The van der Waals surface area contributed by atoms with E-state index in [4.69, 9.17) is 0 Å². The van der Waals surface area contributed by atoms with Crippen LogP contribution >= 0.6 is 11.3 Å². The number of nitrogens with one attached hydrogen (secondary N) is 2. The van der Waals surface area contributed by atoms with Gasteiger partial charge >= 0.3 is 0 Å². The molecule has 1 aromatic heterocycles. The zero-order chi connectivity index (χ0) is 14.6. The van der Waals surface area contributed by atoms with E-state index in [0.29, 0.717) is 19.0 Å². The van der Waals surface area contributed by atoms with Crippen molar-refractivity contribution in [1.29, 1.82) is 0 Å². The molecule has 0 radical (unpaired) electrons. The van der Waals surface area contributed by atoms with Crippen LogP contribution in [0.1, 0.15) is 31.1 Å². The fraction of sp³-hybridized carbons (Fsp3) is 0.643. The van der Waals surface area contributed by atoms with Gasteiger partial charge in [0.15, 0.2) is 5.96 Å². The monoisotopic (exact) mass is 297 g/mol. The highest BCUT2D eigenvalue weighted by atomic mass is 32.1. The minimum absolute atomic E-state index is 0.367. The first kappa shape index (κ1) is 15.3. The summed E-state index contributed by atoms with van der Waals surface area (Å²) in [5.41, 5.74) is -1.52. The summed E-state index contributed by atoms with van der Waals surface area (Å²) in [7, 11) is 1.68. The molecule has 0 spiro atoms. The molecule has 1 heterocycles. The second kappa shape index (κ2) is 6.11. The molecule has 1 aliphatic rings. The molecule has 0 bridgehead atoms. The van der Waals surface area contributed by atoms with E-state index in [9.17, 15) is 10.2 Å². The lowest BCUT2D eigenvalue weighted by molar-refractivity contribution is -0.0279. The van der Waals surface area contributed by atoms with Gasteiger partial charge < -0.3 is 20.8 Å². The Hall–Kier alpha value is -1.11. The Kier molecular flexibility index (Phi) is 4.67. The SMILES string of the molecule is CN=C(NCC1(O)CCC1)NCC(C)(O)c1cccs1. The largest absolute Gasteiger partial charge is 0.388 e. The van der Waals surface area contributed by atoms with E-state index in [2.05, 4.69) is 15.6 Å². The van der Waals surface area contributed by atoms with Crippen LogP contribution < -0.4 is 10.6 Å². The van der Waals surface area contributed by atoms with Gasteiger partial charge in [-0.15, -0.1) is 11.3 Å². The van der Waals surface area contributed by atoms with Crippen LogP contribution in [0.5, 0.6) is 0 Å². The molecule has 1 aromatic rings. The van der Waals surface area contributed by atoms with Gasteiger partial charge in [0, 0.05) is 18.5 Å². The molecule has 6 heteroatoms. The van der Waals surface area contributed by atoms with Gasteiger partial charge in [-0.2, -0.15) is 0 Å². The summed E-state index contributed by atoms with van der Waals surface area (Å²) in [4.78, 5) is 5.02. The van der Waals surface area contributed by atoms with Crippen LogP contribution in [0.2, 0.25) is 0 Å². The van der Waals surface area contributed by atoms with E-state index < -0.39 is 11.2 Å². The van der Waals surface area contributed by atoms with Gasteiger partial charge in [0.2, 0.25) is 0 Å². The third-order valence-corrected chi connectivity index (χ3v) is 4.87. The third-order valence-electron chi connectivity index (χ3n) is 3.74. The average molecular weight is 297 g/mol. The van der Waals surface area contributed by atoms with Crippen molar-refractivity contribution in [1.82, 2.24) is 10.6 Å². The predicted octanol–water partition coefficient (Wildman–Crippen LogP) is 1.04. The summed E-state index contributed by atoms with van der Waals surface area (Å²) in [6.45, 7) is 2.64. The quantitative estimate of drug-likeness (QED) is 0.484. The van der Waals surface area contributed by atoms with Crippen molar-refractivity contribution in [3.8, 4) is 0 Å². The van der Waals surface area contributed by atoms with E-state index in [-0.39, 0.29) is 0 Å². The lowest BCUT2D eigenvalue weighted by Gasteiger charge is -2.37. The number of thiophene rings is 1. The summed E-state index contributed by atoms with van der Waals surface area (Å²) in [6.07, 6.45) is 2.76. The molecule has 0 amide bonds. The van der Waals surface area contributed by atoms with Crippen LogP contribution in [0.25, 0.3) is 0 Å². The first-order valence-electron chi connectivity index (χ1n) is 6.88. The molecular weight excluding hydrogens is 274 g/mol. The molecular formula is C14H23N3O2S. The fourth-order valence-electron chi connectivity index (χ4n) is 2.16. The minimum atomic E-state index is -0.931. The Morgan fingerprint density at radius 3 is 2.75 bits per heavy atom. The lowest BCUT2D eigenvalue weighted by atomic mass is 9.80. The van der Waals surface area contributed by atoms with E-state index in [1.165, 1.54) is 11.3 Å². The summed E-state index contributed by atoms with van der Waals surface area (Å²) in [5.74, 6) is 0.599. The van der Waals surface area contributed by atoms with Crippen LogP contribution in [0.4, 0.5) is 0 Å². The van der Waals surface area contributed by atoms with Crippen LogP contribution in [0.15, 0.2) is 22.5 Å². The van der Waals surface area contributed by atoms with Gasteiger partial charge in [0.25, 0.3) is 0 Å². The Labute approximate surface area is 123 Å². The Morgan fingerprint density at radius 1 is 1.50 bits per heavy atom. The maximum Gasteiger partial charge on any atom is 0.191 e. The van der Waals surface area contributed by atoms with Crippen LogP contribution in [0, 0.1) is 0 Å². The van der Waals surface area contributed by atoms with Crippen molar-refractivity contribution in [2.75, 3.05) is 20.1 Å². The zero-order valence-electron chi connectivity index (χ0n) is 12.0. The third kappa shape index (κ3) is 3.71. The topological polar surface area (TPSA) is 76.9 Å². The Bertz CT molecular complexity index is 453. The normalized spacial score (nSPS) is 20.9. The summed E-state index contributed by atoms with van der Waals surface area (Å²) >= 11 is 1.53. The molecule has 1 atom stereocenters. The van der Waals surface area contributed by atoms with Crippen LogP contribution in [0.3, 0.4) is 0 Å². The highest BCUT2D eigenvalue weighted by Crippen LogP contribution is 2.30. The average Bonchev–Trinajstić information content (AvgIpc) is 2.91. The predicted molar refractivity (Wildman–Crippen MR) is 82.1 cm³/mol. The van der Waals surface area contributed by atoms with Gasteiger partial charge in [-0.3, -0.25) is 4.99 Å². The molecule has 0 aromatic carbocycles. The smallest absolute Gasteiger partial charge is 0.191 e. The Morgan fingerprint density at radius 2 is 2.25 bits per heavy atom. The fourth-order valence-corrected chi connectivity index (χ4v) is 2.95. The van der Waals surface area contributed by atoms with Gasteiger partial charge in [0.05, 0.1) is 12.1 Å². The summed E-state index contributed by atoms with van der Waals surface area (Å²) in [6, 6.07) is 3.84. The highest BCUT2D eigenvalue weighted by molar-refractivity contribution is 7.10. The molecule has 4 N–H and O–H groups in total. The second-order valence-electron chi connectivity index (χ2n) is 5.61. The van der Waals surface area contributed by atoms with E-state index in [1.54, 1.807) is 14.0 Å². The number of aliphatic imine (C=N–C) groups is 1. The van der Waals surface area contributed by atoms with Gasteiger partial charge in [0.1, 0.15) is 5.60 Å². The molecule has 1 aliphatic carbocycles. The van der Waals surface area contributed by atoms with Gasteiger partial charge in [-0.25, -0.2) is 0 Å². The number of guanidine groups is 1. The molecule has 0 saturated heterocycles. The molecule has 1 saturated carbocycles. The van der Waals surface area contributed by atoms with E-state index >= 15 is 0 Å². The highest BCUT2D eigenvalue weighted by Gasteiger charge is 2.34. The van der Waals surface area contributed by atoms with Crippen molar-refractivity contribution in [2.45, 2.75) is 37.4 Å². The molecule has 1 fully saturated rings. The van der Waals surface area contributed by atoms with Crippen molar-refractivity contribution in [2.24, 2.45) is 4.99 Å². The first-order valence-corrected chi connectivity index (χ1v) is 7.76. The van der Waals surface area contributed by atoms with E-state index in [0.717, 1.165) is 24.1 Å². The van der Waals surface area contributed by atoms with E-state index in [1.807, 2.05) is 17.5 Å². The number of hydrogen-bond donors (Lipinski definition) is 4. The molecule has 1 unspecified atom stereocenters. The number of nitrogens with zero attached hydrogens (tertiary/aromatic N) is 1. The van der Waals surface area contributed by atoms with Gasteiger partial charge in [-0.05, 0) is 37.6 Å². The Balaban J connectivity index is 1.82. The van der Waals surface area contributed by atoms with Crippen LogP contribution in [-0.4, -0.2) is 41.9 Å². The van der Waals surface area contributed by atoms with Crippen molar-refractivity contribution < 1.29 is 10.2 Å². The van der Waals surface area contributed by atoms with Crippen molar-refractivity contribution in [3.63, 3.8) is 0 Å². The first-order chi connectivity index (χ1) is 9.45. The minimum Gasteiger partial charge on any atom is -0.388 e. The number of hydrogen-bond acceptors (Lipinski definition) is 4. The standard InChI is InChI=1S/C14H23N3O2S/c1-13(18,11-5-3-8-20-11)9-16-12(15-2)17-10-14(19)6-4-7-14/h3,5,8,18-19H,4,6-7,9-10H2,1-2H3,(H2,15,16,17). The molecule has 20 heavy (non-hydrogen) atoms. The maximum absolute atomic E-state index is 10.4. The summed E-state index contributed by atoms with van der Waals surface area (Å²) < 4.78 is 0. The molecule has 2 rings (SSSR count). The second-order valence-corrected chi connectivity index (χ2v) is 6.56. The number of rotatable bonds is 5. The van der Waals surface area contributed by atoms with Crippen molar-refractivity contribution >= 4 is 17.3 Å². The van der Waals surface area contributed by atoms with Crippen LogP contribution in [-0.2, 0) is 5.60 Å².